The lowest BCUT2D eigenvalue weighted by Crippen LogP contribution is -2.05. The summed E-state index contributed by atoms with van der Waals surface area (Å²) in [7, 11) is 0. The molecule has 2 aromatic carbocycles. The van der Waals surface area contributed by atoms with Gasteiger partial charge in [0.05, 0.1) is 17.3 Å². The molecule has 0 saturated heterocycles. The maximum atomic E-state index is 10.8. The first-order chi connectivity index (χ1) is 14.1. The molecule has 0 atom stereocenters. The van der Waals surface area contributed by atoms with Gasteiger partial charge in [-0.15, -0.1) is 5.10 Å². The van der Waals surface area contributed by atoms with Gasteiger partial charge in [-0.3, -0.25) is 0 Å². The van der Waals surface area contributed by atoms with Crippen LogP contribution in [0.25, 0.3) is 16.9 Å². The first-order valence-corrected chi connectivity index (χ1v) is 9.63. The van der Waals surface area contributed by atoms with Gasteiger partial charge in [0, 0.05) is 12.0 Å². The minimum atomic E-state index is 0.0953. The molecule has 0 amide bonds. The Morgan fingerprint density at radius 2 is 1.83 bits per heavy atom. The van der Waals surface area contributed by atoms with Crippen LogP contribution in [0.3, 0.4) is 0 Å². The second-order valence-electron chi connectivity index (χ2n) is 7.01. The molecule has 0 radical (unpaired) electrons. The van der Waals surface area contributed by atoms with Crippen LogP contribution in [-0.4, -0.2) is 24.7 Å². The first-order valence-electron chi connectivity index (χ1n) is 9.63. The number of aromatic nitrogens is 4. The quantitative estimate of drug-likeness (QED) is 0.557. The average Bonchev–Trinajstić information content (AvgIpc) is 3.12. The van der Waals surface area contributed by atoms with Crippen LogP contribution in [0.4, 0.5) is 0 Å². The van der Waals surface area contributed by atoms with Crippen LogP contribution >= 0.6 is 0 Å². The summed E-state index contributed by atoms with van der Waals surface area (Å²) in [6.45, 7) is 3.87. The molecule has 0 fully saturated rings. The standard InChI is InChI=1S/C23H21N5O/c1-3-6-21-20(22(29)28-23(26-21)25-15(2)27-28)13-16-9-11-17(12-10-16)19-8-5-4-7-18(19)14-24/h4-5,7-12,29H,3,6,13H2,1-2H3. The van der Waals surface area contributed by atoms with Gasteiger partial charge in [-0.2, -0.15) is 14.8 Å². The van der Waals surface area contributed by atoms with Crippen molar-refractivity contribution in [1.29, 1.82) is 5.26 Å². The van der Waals surface area contributed by atoms with E-state index in [-0.39, 0.29) is 5.88 Å². The van der Waals surface area contributed by atoms with Crippen molar-refractivity contribution in [3.8, 4) is 23.1 Å². The lowest BCUT2D eigenvalue weighted by atomic mass is 9.97. The number of nitriles is 1. The summed E-state index contributed by atoms with van der Waals surface area (Å²) in [4.78, 5) is 8.90. The van der Waals surface area contributed by atoms with Crippen molar-refractivity contribution in [3.05, 3.63) is 76.7 Å². The van der Waals surface area contributed by atoms with Gasteiger partial charge in [0.2, 0.25) is 5.88 Å². The highest BCUT2D eigenvalue weighted by Crippen LogP contribution is 2.27. The van der Waals surface area contributed by atoms with Crippen LogP contribution in [-0.2, 0) is 12.8 Å². The average molecular weight is 383 g/mol. The Kier molecular flexibility index (Phi) is 4.96. The normalized spacial score (nSPS) is 10.9. The molecule has 0 spiro atoms. The van der Waals surface area contributed by atoms with Crippen molar-refractivity contribution in [2.24, 2.45) is 0 Å². The minimum absolute atomic E-state index is 0.0953. The van der Waals surface area contributed by atoms with E-state index in [1.165, 1.54) is 4.52 Å². The Hall–Kier alpha value is -3.72. The lowest BCUT2D eigenvalue weighted by Gasteiger charge is -2.12. The number of aromatic hydroxyl groups is 1. The monoisotopic (exact) mass is 383 g/mol. The number of hydrogen-bond acceptors (Lipinski definition) is 5. The molecule has 0 aliphatic heterocycles. The van der Waals surface area contributed by atoms with E-state index in [1.54, 1.807) is 6.92 Å². The molecule has 29 heavy (non-hydrogen) atoms. The highest BCUT2D eigenvalue weighted by molar-refractivity contribution is 5.70. The van der Waals surface area contributed by atoms with Gasteiger partial charge in [-0.25, -0.2) is 4.98 Å². The van der Waals surface area contributed by atoms with E-state index in [9.17, 15) is 10.4 Å². The topological polar surface area (TPSA) is 87.1 Å². The lowest BCUT2D eigenvalue weighted by molar-refractivity contribution is 0.426. The van der Waals surface area contributed by atoms with Crippen molar-refractivity contribution in [3.63, 3.8) is 0 Å². The number of aryl methyl sites for hydroxylation is 2. The van der Waals surface area contributed by atoms with Gasteiger partial charge in [0.1, 0.15) is 5.82 Å². The summed E-state index contributed by atoms with van der Waals surface area (Å²) in [5, 5.41) is 24.4. The van der Waals surface area contributed by atoms with E-state index in [0.717, 1.165) is 40.8 Å². The summed E-state index contributed by atoms with van der Waals surface area (Å²) in [5.41, 5.74) is 5.23. The predicted octanol–water partition coefficient (Wildman–Crippen LogP) is 4.22. The highest BCUT2D eigenvalue weighted by atomic mass is 16.3. The smallest absolute Gasteiger partial charge is 0.255 e. The van der Waals surface area contributed by atoms with Crippen molar-refractivity contribution >= 4 is 5.78 Å². The summed E-state index contributed by atoms with van der Waals surface area (Å²) in [6, 6.07) is 17.9. The minimum Gasteiger partial charge on any atom is -0.493 e. The molecule has 1 N–H and O–H groups in total. The third-order valence-corrected chi connectivity index (χ3v) is 4.93. The molecule has 2 heterocycles. The fraction of sp³-hybridized carbons (Fsp3) is 0.217. The van der Waals surface area contributed by atoms with Gasteiger partial charge in [-0.05, 0) is 36.1 Å². The van der Waals surface area contributed by atoms with Gasteiger partial charge < -0.3 is 5.11 Å². The molecule has 4 aromatic rings. The Morgan fingerprint density at radius 3 is 2.55 bits per heavy atom. The molecule has 2 aromatic heterocycles. The van der Waals surface area contributed by atoms with E-state index in [1.807, 2.05) is 48.5 Å². The molecule has 4 rings (SSSR count). The molecule has 0 bridgehead atoms. The summed E-state index contributed by atoms with van der Waals surface area (Å²) >= 11 is 0. The molecule has 0 aliphatic carbocycles. The zero-order valence-electron chi connectivity index (χ0n) is 16.4. The third-order valence-electron chi connectivity index (χ3n) is 4.93. The zero-order valence-corrected chi connectivity index (χ0v) is 16.4. The van der Waals surface area contributed by atoms with Crippen molar-refractivity contribution in [1.82, 2.24) is 19.6 Å². The van der Waals surface area contributed by atoms with Crippen LogP contribution in [0.2, 0.25) is 0 Å². The van der Waals surface area contributed by atoms with Gasteiger partial charge in [0.25, 0.3) is 5.78 Å². The molecule has 6 nitrogen and oxygen atoms in total. The van der Waals surface area contributed by atoms with Crippen LogP contribution < -0.4 is 0 Å². The van der Waals surface area contributed by atoms with Gasteiger partial charge in [-0.1, -0.05) is 55.8 Å². The Balaban J connectivity index is 1.71. The second-order valence-corrected chi connectivity index (χ2v) is 7.01. The molecule has 144 valence electrons. The van der Waals surface area contributed by atoms with Crippen LogP contribution in [0.5, 0.6) is 5.88 Å². The van der Waals surface area contributed by atoms with Gasteiger partial charge in [0.15, 0.2) is 0 Å². The summed E-state index contributed by atoms with van der Waals surface area (Å²) in [6.07, 6.45) is 2.23. The fourth-order valence-corrected chi connectivity index (χ4v) is 3.53. The third kappa shape index (κ3) is 3.55. The molecule has 0 unspecified atom stereocenters. The van der Waals surface area contributed by atoms with Crippen molar-refractivity contribution < 1.29 is 5.11 Å². The van der Waals surface area contributed by atoms with Crippen molar-refractivity contribution in [2.45, 2.75) is 33.1 Å². The Bertz CT molecular complexity index is 1220. The number of fused-ring (bicyclic) bond motifs is 1. The van der Waals surface area contributed by atoms with E-state index in [0.29, 0.717) is 23.6 Å². The molecule has 6 heteroatoms. The Labute approximate surface area is 169 Å². The number of nitrogens with zero attached hydrogens (tertiary/aromatic N) is 5. The number of hydrogen-bond donors (Lipinski definition) is 1. The maximum absolute atomic E-state index is 10.8. The van der Waals surface area contributed by atoms with Crippen LogP contribution in [0, 0.1) is 18.3 Å². The molecule has 0 aliphatic rings. The van der Waals surface area contributed by atoms with E-state index < -0.39 is 0 Å². The fourth-order valence-electron chi connectivity index (χ4n) is 3.53. The second kappa shape index (κ2) is 7.72. The molecule has 0 saturated carbocycles. The van der Waals surface area contributed by atoms with E-state index in [4.69, 9.17) is 0 Å². The predicted molar refractivity (Wildman–Crippen MR) is 111 cm³/mol. The first kappa shape index (κ1) is 18.6. The Morgan fingerprint density at radius 1 is 1.07 bits per heavy atom. The van der Waals surface area contributed by atoms with E-state index >= 15 is 0 Å². The summed E-state index contributed by atoms with van der Waals surface area (Å²) in [5.74, 6) is 1.10. The SMILES string of the molecule is CCCc1nc2nc(C)nn2c(O)c1Cc1ccc(-c2ccccc2C#N)cc1. The maximum Gasteiger partial charge on any atom is 0.255 e. The zero-order chi connectivity index (χ0) is 20.4. The van der Waals surface area contributed by atoms with Gasteiger partial charge >= 0.3 is 0 Å². The molecular weight excluding hydrogens is 362 g/mol. The molecular formula is C23H21N5O. The number of benzene rings is 2. The van der Waals surface area contributed by atoms with Crippen molar-refractivity contribution in [2.75, 3.05) is 0 Å². The highest BCUT2D eigenvalue weighted by Gasteiger charge is 2.17. The largest absolute Gasteiger partial charge is 0.493 e. The number of rotatable bonds is 5. The van der Waals surface area contributed by atoms with E-state index in [2.05, 4.69) is 28.1 Å². The van der Waals surface area contributed by atoms with Crippen LogP contribution in [0.15, 0.2) is 48.5 Å². The van der Waals surface area contributed by atoms with Crippen LogP contribution in [0.1, 0.15) is 41.6 Å². The summed E-state index contributed by atoms with van der Waals surface area (Å²) < 4.78 is 1.40.